The lowest BCUT2D eigenvalue weighted by Gasteiger charge is -2.30. The highest BCUT2D eigenvalue weighted by Gasteiger charge is 2.60. The van der Waals surface area contributed by atoms with Crippen molar-refractivity contribution in [3.63, 3.8) is 0 Å². The Hall–Kier alpha value is -2.10. The molecular weight excluding hydrogens is 290 g/mol. The molecule has 116 valence electrons. The van der Waals surface area contributed by atoms with Crippen molar-refractivity contribution in [3.8, 4) is 5.82 Å². The van der Waals surface area contributed by atoms with Crippen LogP contribution in [-0.2, 0) is 9.47 Å². The van der Waals surface area contributed by atoms with E-state index in [0.29, 0.717) is 18.8 Å². The monoisotopic (exact) mass is 305 g/mol. The largest absolute Gasteiger partial charge is 0.387 e. The van der Waals surface area contributed by atoms with Crippen molar-refractivity contribution in [1.29, 1.82) is 0 Å². The average molecular weight is 305 g/mol. The summed E-state index contributed by atoms with van der Waals surface area (Å²) in [7, 11) is 0. The van der Waals surface area contributed by atoms with E-state index >= 15 is 0 Å². The van der Waals surface area contributed by atoms with Gasteiger partial charge in [-0.25, -0.2) is 14.5 Å². The van der Waals surface area contributed by atoms with Crippen LogP contribution in [0.3, 0.4) is 0 Å². The smallest absolute Gasteiger partial charge is 0.351 e. The molecule has 2 aliphatic rings. The molecule has 2 aromatic heterocycles. The van der Waals surface area contributed by atoms with Crippen molar-refractivity contribution in [3.05, 3.63) is 35.4 Å². The van der Waals surface area contributed by atoms with Crippen LogP contribution in [0, 0.1) is 0 Å². The van der Waals surface area contributed by atoms with E-state index < -0.39 is 29.7 Å². The average Bonchev–Trinajstić information content (AvgIpc) is 3.23. The lowest BCUT2D eigenvalue weighted by atomic mass is 9.96. The van der Waals surface area contributed by atoms with Crippen molar-refractivity contribution >= 4 is 0 Å². The first kappa shape index (κ1) is 13.6. The summed E-state index contributed by atoms with van der Waals surface area (Å²) in [6, 6.07) is 1.64. The number of nitrogens with zero attached hydrogens (tertiary/aromatic N) is 5. The van der Waals surface area contributed by atoms with E-state index in [0.717, 1.165) is 0 Å². The van der Waals surface area contributed by atoms with Crippen molar-refractivity contribution in [2.75, 3.05) is 6.61 Å². The van der Waals surface area contributed by atoms with Gasteiger partial charge in [0.15, 0.2) is 12.0 Å². The van der Waals surface area contributed by atoms with E-state index in [9.17, 15) is 9.90 Å². The molecule has 0 radical (unpaired) electrons. The Labute approximate surface area is 125 Å². The zero-order chi connectivity index (χ0) is 15.3. The molecule has 0 saturated carbocycles. The minimum atomic E-state index is -0.746. The summed E-state index contributed by atoms with van der Waals surface area (Å²) in [5.41, 5.74) is -1.23. The molecule has 2 fully saturated rings. The zero-order valence-electron chi connectivity index (χ0n) is 11.9. The molecule has 2 bridgehead atoms. The van der Waals surface area contributed by atoms with Crippen LogP contribution in [0.2, 0.25) is 0 Å². The van der Waals surface area contributed by atoms with Gasteiger partial charge >= 0.3 is 5.69 Å². The SMILES string of the molecule is CC[C@]12COC(C1O)[C@H](n1ccc(-n3cncn3)nc1=O)O2. The number of hydrogen-bond donors (Lipinski definition) is 1. The molecule has 2 aliphatic heterocycles. The van der Waals surface area contributed by atoms with Crippen LogP contribution < -0.4 is 5.69 Å². The van der Waals surface area contributed by atoms with Crippen LogP contribution in [0.5, 0.6) is 0 Å². The first-order valence-electron chi connectivity index (χ1n) is 7.06. The third-order valence-corrected chi connectivity index (χ3v) is 4.35. The minimum Gasteiger partial charge on any atom is -0.387 e. The minimum absolute atomic E-state index is 0.338. The number of ether oxygens (including phenoxy) is 2. The quantitative estimate of drug-likeness (QED) is 0.796. The first-order chi connectivity index (χ1) is 10.6. The van der Waals surface area contributed by atoms with Gasteiger partial charge in [0.2, 0.25) is 0 Å². The third kappa shape index (κ3) is 1.76. The van der Waals surface area contributed by atoms with Gasteiger partial charge in [0, 0.05) is 6.20 Å². The first-order valence-corrected chi connectivity index (χ1v) is 7.06. The molecule has 4 rings (SSSR count). The van der Waals surface area contributed by atoms with Crippen LogP contribution in [0.1, 0.15) is 19.6 Å². The molecule has 2 unspecified atom stereocenters. The van der Waals surface area contributed by atoms with Gasteiger partial charge in [-0.1, -0.05) is 6.92 Å². The van der Waals surface area contributed by atoms with Gasteiger partial charge < -0.3 is 14.6 Å². The van der Waals surface area contributed by atoms with Gasteiger partial charge in [0.1, 0.15) is 30.5 Å². The Bertz CT molecular complexity index is 745. The maximum Gasteiger partial charge on any atom is 0.351 e. The van der Waals surface area contributed by atoms with Crippen LogP contribution in [0.15, 0.2) is 29.7 Å². The number of aliphatic hydroxyl groups excluding tert-OH is 1. The maximum absolute atomic E-state index is 12.3. The number of aliphatic hydroxyl groups is 1. The molecule has 0 aliphatic carbocycles. The second kappa shape index (κ2) is 4.70. The van der Waals surface area contributed by atoms with Crippen LogP contribution in [-0.4, -0.2) is 53.8 Å². The van der Waals surface area contributed by atoms with E-state index in [-0.39, 0.29) is 0 Å². The molecule has 1 N–H and O–H groups in total. The summed E-state index contributed by atoms with van der Waals surface area (Å²) >= 11 is 0. The predicted octanol–water partition coefficient (Wildman–Crippen LogP) is -0.739. The fourth-order valence-corrected chi connectivity index (χ4v) is 3.02. The molecule has 4 atom stereocenters. The summed E-state index contributed by atoms with van der Waals surface area (Å²) in [5, 5.41) is 14.2. The van der Waals surface area contributed by atoms with Gasteiger partial charge in [-0.15, -0.1) is 0 Å². The molecule has 9 heteroatoms. The van der Waals surface area contributed by atoms with Crippen LogP contribution in [0.4, 0.5) is 0 Å². The van der Waals surface area contributed by atoms with Crippen molar-refractivity contribution in [2.45, 2.75) is 37.4 Å². The van der Waals surface area contributed by atoms with E-state index in [1.165, 1.54) is 21.9 Å². The van der Waals surface area contributed by atoms with Crippen molar-refractivity contribution < 1.29 is 14.6 Å². The van der Waals surface area contributed by atoms with E-state index in [1.54, 1.807) is 12.3 Å². The molecule has 4 heterocycles. The van der Waals surface area contributed by atoms with E-state index in [2.05, 4.69) is 15.1 Å². The maximum atomic E-state index is 12.3. The molecule has 22 heavy (non-hydrogen) atoms. The Kier molecular flexibility index (Phi) is 2.90. The highest BCUT2D eigenvalue weighted by atomic mass is 16.6. The summed E-state index contributed by atoms with van der Waals surface area (Å²) in [6.45, 7) is 2.26. The van der Waals surface area contributed by atoms with Crippen molar-refractivity contribution in [1.82, 2.24) is 24.3 Å². The Balaban J connectivity index is 1.69. The van der Waals surface area contributed by atoms with E-state index in [4.69, 9.17) is 9.47 Å². The Morgan fingerprint density at radius 2 is 2.41 bits per heavy atom. The third-order valence-electron chi connectivity index (χ3n) is 4.35. The summed E-state index contributed by atoms with van der Waals surface area (Å²) in [5.74, 6) is 0.369. The lowest BCUT2D eigenvalue weighted by molar-refractivity contribution is -0.175. The molecule has 0 amide bonds. The highest BCUT2D eigenvalue weighted by Crippen LogP contribution is 2.46. The second-order valence-corrected chi connectivity index (χ2v) is 5.46. The number of fused-ring (bicyclic) bond motifs is 2. The Morgan fingerprint density at radius 1 is 1.55 bits per heavy atom. The zero-order valence-corrected chi connectivity index (χ0v) is 11.9. The van der Waals surface area contributed by atoms with Gasteiger partial charge in [0.05, 0.1) is 6.61 Å². The molecule has 2 saturated heterocycles. The fraction of sp³-hybridized carbons (Fsp3) is 0.538. The normalized spacial score (nSPS) is 33.5. The molecule has 0 aromatic carbocycles. The second-order valence-electron chi connectivity index (χ2n) is 5.46. The summed E-state index contributed by atoms with van der Waals surface area (Å²) in [6.07, 6.45) is 3.02. The van der Waals surface area contributed by atoms with Crippen LogP contribution in [0.25, 0.3) is 5.82 Å². The van der Waals surface area contributed by atoms with Gasteiger partial charge in [-0.3, -0.25) is 4.57 Å². The van der Waals surface area contributed by atoms with Crippen molar-refractivity contribution in [2.24, 2.45) is 0 Å². The molecule has 9 nitrogen and oxygen atoms in total. The summed E-state index contributed by atoms with van der Waals surface area (Å²) < 4.78 is 14.2. The van der Waals surface area contributed by atoms with E-state index in [1.807, 2.05) is 6.92 Å². The number of hydrogen-bond acceptors (Lipinski definition) is 7. The van der Waals surface area contributed by atoms with Crippen LogP contribution >= 0.6 is 0 Å². The molecule has 2 aromatic rings. The molecule has 0 spiro atoms. The fourth-order valence-electron chi connectivity index (χ4n) is 3.02. The topological polar surface area (TPSA) is 104 Å². The molecular formula is C13H15N5O4. The lowest BCUT2D eigenvalue weighted by Crippen LogP contribution is -2.40. The number of rotatable bonds is 3. The Morgan fingerprint density at radius 3 is 3.05 bits per heavy atom. The summed E-state index contributed by atoms with van der Waals surface area (Å²) in [4.78, 5) is 20.1. The highest BCUT2D eigenvalue weighted by molar-refractivity contribution is 5.17. The number of aromatic nitrogens is 5. The standard InChI is InChI=1S/C13H15N5O4/c1-2-13-5-21-9(10(13)19)11(22-13)17-4-3-8(16-12(17)20)18-7-14-6-15-18/h3-4,6-7,9-11,19H,2,5H2,1H3/t9?,10?,11-,13+/m1/s1. The van der Waals surface area contributed by atoms with Gasteiger partial charge in [-0.05, 0) is 12.5 Å². The van der Waals surface area contributed by atoms with Gasteiger partial charge in [0.25, 0.3) is 0 Å². The van der Waals surface area contributed by atoms with Gasteiger partial charge in [-0.2, -0.15) is 10.1 Å². The predicted molar refractivity (Wildman–Crippen MR) is 72.3 cm³/mol.